The van der Waals surface area contributed by atoms with Crippen molar-refractivity contribution in [1.82, 2.24) is 4.90 Å². The topological polar surface area (TPSA) is 57.4 Å². The van der Waals surface area contributed by atoms with Gasteiger partial charge in [0.25, 0.3) is 0 Å². The Morgan fingerprint density at radius 2 is 2.10 bits per heavy atom. The van der Waals surface area contributed by atoms with Crippen LogP contribution in [0.3, 0.4) is 0 Å². The molecule has 5 heteroatoms. The number of likely N-dealkylation sites (tertiary alicyclic amines) is 1. The molecule has 112 valence electrons. The highest BCUT2D eigenvalue weighted by Gasteiger charge is 2.22. The molecule has 2 rings (SSSR count). The predicted octanol–water partition coefficient (Wildman–Crippen LogP) is 3.06. The summed E-state index contributed by atoms with van der Waals surface area (Å²) in [4.78, 5) is 14.5. The summed E-state index contributed by atoms with van der Waals surface area (Å²) in [5.74, 6) is 1.02. The van der Waals surface area contributed by atoms with Crippen molar-refractivity contribution in [3.63, 3.8) is 0 Å². The Morgan fingerprint density at radius 3 is 2.70 bits per heavy atom. The van der Waals surface area contributed by atoms with Crippen molar-refractivity contribution in [3.8, 4) is 0 Å². The second-order valence-electron chi connectivity index (χ2n) is 6.24. The van der Waals surface area contributed by atoms with Gasteiger partial charge < -0.3 is 4.90 Å². The van der Waals surface area contributed by atoms with Crippen LogP contribution in [-0.2, 0) is 4.79 Å². The summed E-state index contributed by atoms with van der Waals surface area (Å²) in [6, 6.07) is 0.742. The van der Waals surface area contributed by atoms with Crippen molar-refractivity contribution >= 4 is 12.0 Å². The first kappa shape index (κ1) is 15.3. The van der Waals surface area contributed by atoms with Crippen LogP contribution in [0.4, 0.5) is 0 Å². The van der Waals surface area contributed by atoms with Crippen molar-refractivity contribution in [1.29, 1.82) is 0 Å². The Balaban J connectivity index is 1.58. The van der Waals surface area contributed by atoms with Gasteiger partial charge in [0.2, 0.25) is 0 Å². The molecule has 0 saturated carbocycles. The van der Waals surface area contributed by atoms with Crippen LogP contribution < -0.4 is 0 Å². The molecule has 2 aliphatic rings. The maximum atomic E-state index is 12.0. The van der Waals surface area contributed by atoms with E-state index in [-0.39, 0.29) is 6.04 Å². The smallest absolute Gasteiger partial charge is 0.133 e. The summed E-state index contributed by atoms with van der Waals surface area (Å²) >= 11 is 0. The third-order valence-electron chi connectivity index (χ3n) is 4.34. The number of hydrogen-bond donors (Lipinski definition) is 0. The molecule has 0 radical (unpaired) electrons. The van der Waals surface area contributed by atoms with Gasteiger partial charge in [-0.25, -0.2) is 0 Å². The number of hydrogen-bond acceptors (Lipinski definition) is 5. The van der Waals surface area contributed by atoms with Crippen molar-refractivity contribution in [3.05, 3.63) is 0 Å². The third kappa shape index (κ3) is 4.78. The van der Waals surface area contributed by atoms with Gasteiger partial charge in [-0.2, -0.15) is 5.11 Å². The molecule has 0 aromatic heterocycles. The molecule has 20 heavy (non-hydrogen) atoms. The molecule has 0 aromatic rings. The second-order valence-corrected chi connectivity index (χ2v) is 6.24. The Morgan fingerprint density at radius 1 is 1.35 bits per heavy atom. The molecule has 0 aromatic carbocycles. The van der Waals surface area contributed by atoms with Gasteiger partial charge in [-0.15, -0.1) is 5.10 Å². The quantitative estimate of drug-likeness (QED) is 0.718. The van der Waals surface area contributed by atoms with Crippen molar-refractivity contribution < 1.29 is 4.79 Å². The standard InChI is InChI=1S/C15H26N4O/c1-12(2)19-8-6-13(7-9-19)10-15(20)5-3-4-14-11-16-18-17-14/h11-14H,3-10H2,1-2H3. The molecule has 5 nitrogen and oxygen atoms in total. The lowest BCUT2D eigenvalue weighted by molar-refractivity contribution is -0.120. The van der Waals surface area contributed by atoms with Gasteiger partial charge in [0.15, 0.2) is 0 Å². The van der Waals surface area contributed by atoms with Crippen LogP contribution in [0.15, 0.2) is 15.4 Å². The number of Topliss-reactive ketones (excluding diaryl/α,β-unsaturated/α-hetero) is 1. The van der Waals surface area contributed by atoms with Crippen molar-refractivity contribution in [2.24, 2.45) is 21.4 Å². The summed E-state index contributed by atoms with van der Waals surface area (Å²) in [6.45, 7) is 6.79. The Bertz CT molecular complexity index is 358. The van der Waals surface area contributed by atoms with Crippen LogP contribution in [0.25, 0.3) is 0 Å². The number of nitrogens with zero attached hydrogens (tertiary/aromatic N) is 4. The Labute approximate surface area is 121 Å². The minimum Gasteiger partial charge on any atom is -0.301 e. The maximum absolute atomic E-state index is 12.0. The minimum absolute atomic E-state index is 0.108. The molecule has 0 aliphatic carbocycles. The van der Waals surface area contributed by atoms with Gasteiger partial charge in [0, 0.05) is 18.9 Å². The van der Waals surface area contributed by atoms with Crippen LogP contribution in [0.2, 0.25) is 0 Å². The van der Waals surface area contributed by atoms with Gasteiger partial charge >= 0.3 is 0 Å². The molecule has 0 amide bonds. The molecule has 1 unspecified atom stereocenters. The van der Waals surface area contributed by atoms with Crippen LogP contribution in [-0.4, -0.2) is 42.1 Å². The zero-order chi connectivity index (χ0) is 14.4. The average molecular weight is 278 g/mol. The lowest BCUT2D eigenvalue weighted by atomic mass is 9.90. The zero-order valence-corrected chi connectivity index (χ0v) is 12.7. The van der Waals surface area contributed by atoms with Crippen molar-refractivity contribution in [2.45, 2.75) is 64.5 Å². The zero-order valence-electron chi connectivity index (χ0n) is 12.7. The van der Waals surface area contributed by atoms with Gasteiger partial charge in [0.1, 0.15) is 11.8 Å². The van der Waals surface area contributed by atoms with Crippen LogP contribution in [0.5, 0.6) is 0 Å². The van der Waals surface area contributed by atoms with Gasteiger partial charge in [-0.3, -0.25) is 4.79 Å². The van der Waals surface area contributed by atoms with E-state index in [1.165, 1.54) is 12.8 Å². The van der Waals surface area contributed by atoms with Gasteiger partial charge in [0.05, 0.1) is 6.21 Å². The van der Waals surface area contributed by atoms with E-state index >= 15 is 0 Å². The van der Waals surface area contributed by atoms with E-state index in [4.69, 9.17) is 0 Å². The van der Waals surface area contributed by atoms with E-state index in [1.54, 1.807) is 6.21 Å². The Kier molecular flexibility index (Phi) is 5.83. The Hall–Kier alpha value is -1.10. The highest BCUT2D eigenvalue weighted by Crippen LogP contribution is 2.23. The monoisotopic (exact) mass is 278 g/mol. The van der Waals surface area contributed by atoms with E-state index < -0.39 is 0 Å². The fourth-order valence-corrected chi connectivity index (χ4v) is 2.97. The fourth-order valence-electron chi connectivity index (χ4n) is 2.97. The molecule has 0 bridgehead atoms. The second kappa shape index (κ2) is 7.62. The van der Waals surface area contributed by atoms with Crippen LogP contribution in [0.1, 0.15) is 52.4 Å². The first-order valence-electron chi connectivity index (χ1n) is 7.84. The first-order chi connectivity index (χ1) is 9.65. The summed E-state index contributed by atoms with van der Waals surface area (Å²) in [5, 5.41) is 11.3. The van der Waals surface area contributed by atoms with Gasteiger partial charge in [-0.1, -0.05) is 0 Å². The number of rotatable bonds is 7. The summed E-state index contributed by atoms with van der Waals surface area (Å²) in [5.41, 5.74) is 0. The van der Waals surface area contributed by atoms with Crippen LogP contribution >= 0.6 is 0 Å². The molecule has 0 spiro atoms. The third-order valence-corrected chi connectivity index (χ3v) is 4.34. The molecule has 0 N–H and O–H groups in total. The number of ketones is 1. The molecule has 2 heterocycles. The predicted molar refractivity (Wildman–Crippen MR) is 80.0 cm³/mol. The number of piperidine rings is 1. The average Bonchev–Trinajstić information content (AvgIpc) is 2.92. The molecule has 1 fully saturated rings. The SMILES string of the molecule is CC(C)N1CCC(CC(=O)CCCC2C=NN=N2)CC1. The van der Waals surface area contributed by atoms with Gasteiger partial charge in [-0.05, 0) is 63.8 Å². The lowest BCUT2D eigenvalue weighted by Gasteiger charge is -2.34. The molecule has 1 saturated heterocycles. The largest absolute Gasteiger partial charge is 0.301 e. The fraction of sp³-hybridized carbons (Fsp3) is 0.867. The molecular formula is C15H26N4O. The van der Waals surface area contributed by atoms with E-state index in [0.717, 1.165) is 32.4 Å². The van der Waals surface area contributed by atoms with E-state index in [9.17, 15) is 4.79 Å². The number of carbonyl (C=O) groups excluding carboxylic acids is 1. The van der Waals surface area contributed by atoms with E-state index in [0.29, 0.717) is 24.2 Å². The highest BCUT2D eigenvalue weighted by molar-refractivity contribution is 5.78. The molecule has 1 atom stereocenters. The van der Waals surface area contributed by atoms with E-state index in [1.807, 2.05) is 0 Å². The highest BCUT2D eigenvalue weighted by atomic mass is 16.1. The van der Waals surface area contributed by atoms with Crippen LogP contribution in [0, 0.1) is 5.92 Å². The molecular weight excluding hydrogens is 252 g/mol. The maximum Gasteiger partial charge on any atom is 0.133 e. The normalized spacial score (nSPS) is 23.9. The van der Waals surface area contributed by atoms with Crippen molar-refractivity contribution in [2.75, 3.05) is 13.1 Å². The summed E-state index contributed by atoms with van der Waals surface area (Å²) < 4.78 is 0. The first-order valence-corrected chi connectivity index (χ1v) is 7.84. The van der Waals surface area contributed by atoms with E-state index in [2.05, 4.69) is 34.2 Å². The molecule has 2 aliphatic heterocycles. The summed E-state index contributed by atoms with van der Waals surface area (Å²) in [7, 11) is 0. The summed E-state index contributed by atoms with van der Waals surface area (Å²) in [6.07, 6.45) is 7.35. The number of carbonyl (C=O) groups is 1. The lowest BCUT2D eigenvalue weighted by Crippen LogP contribution is -2.38. The minimum atomic E-state index is 0.108.